The highest BCUT2D eigenvalue weighted by atomic mass is 16.5. The largest absolute Gasteiger partial charge is 0.481 e. The Balaban J connectivity index is 1.41. The van der Waals surface area contributed by atoms with Crippen molar-refractivity contribution in [1.82, 2.24) is 26.3 Å². The molecule has 8 nitrogen and oxygen atoms in total. The van der Waals surface area contributed by atoms with E-state index in [-0.39, 0.29) is 23.9 Å². The zero-order chi connectivity index (χ0) is 29.6. The molecule has 3 unspecified atom stereocenters. The van der Waals surface area contributed by atoms with E-state index < -0.39 is 10.8 Å². The Hall–Kier alpha value is -3.93. The lowest BCUT2D eigenvalue weighted by Crippen LogP contribution is -2.42. The van der Waals surface area contributed by atoms with Gasteiger partial charge in [-0.3, -0.25) is 9.59 Å². The molecule has 8 heteroatoms. The second-order valence-electron chi connectivity index (χ2n) is 11.8. The van der Waals surface area contributed by atoms with Crippen LogP contribution in [0.3, 0.4) is 0 Å². The monoisotopic (exact) mass is 567 g/mol. The Morgan fingerprint density at radius 1 is 0.976 bits per heavy atom. The molecule has 0 radical (unpaired) electrons. The number of pyridine rings is 1. The molecule has 3 aliphatic rings. The number of ether oxygens (including phenoxy) is 1. The summed E-state index contributed by atoms with van der Waals surface area (Å²) in [5, 5.41) is 12.8. The van der Waals surface area contributed by atoms with E-state index in [1.54, 1.807) is 7.11 Å². The van der Waals surface area contributed by atoms with Gasteiger partial charge < -0.3 is 26.0 Å². The molecule has 3 atom stereocenters. The third kappa shape index (κ3) is 6.28. The van der Waals surface area contributed by atoms with E-state index in [4.69, 9.17) is 9.72 Å². The van der Waals surface area contributed by atoms with E-state index >= 15 is 0 Å². The highest BCUT2D eigenvalue weighted by molar-refractivity contribution is 5.79. The molecule has 1 aromatic carbocycles. The SMILES string of the molecule is COc1nc(C2(C#CCNCC3CCC(=O)N3)C=CC=C(c3ccccc3)C2(C)C)ccc1CNCC1CCC(=O)N1. The number of hydrogen-bond acceptors (Lipinski definition) is 6. The average Bonchev–Trinajstić information content (AvgIpc) is 3.61. The number of nitrogens with zero attached hydrogens (tertiary/aromatic N) is 1. The van der Waals surface area contributed by atoms with Crippen LogP contribution in [0.1, 0.15) is 56.4 Å². The fourth-order valence-corrected chi connectivity index (χ4v) is 6.19. The highest BCUT2D eigenvalue weighted by Gasteiger charge is 2.48. The molecular weight excluding hydrogens is 526 g/mol. The van der Waals surface area contributed by atoms with Gasteiger partial charge in [0.2, 0.25) is 17.7 Å². The van der Waals surface area contributed by atoms with Crippen LogP contribution in [-0.4, -0.2) is 55.6 Å². The number of nitrogens with one attached hydrogen (secondary N) is 4. The second-order valence-corrected chi connectivity index (χ2v) is 11.8. The molecule has 1 aliphatic carbocycles. The number of allylic oxidation sites excluding steroid dienone is 4. The normalized spacial score (nSPS) is 24.4. The van der Waals surface area contributed by atoms with E-state index in [2.05, 4.69) is 102 Å². The van der Waals surface area contributed by atoms with Gasteiger partial charge >= 0.3 is 0 Å². The summed E-state index contributed by atoms with van der Waals surface area (Å²) in [6.45, 7) is 6.93. The predicted octanol–water partition coefficient (Wildman–Crippen LogP) is 3.25. The van der Waals surface area contributed by atoms with Crippen LogP contribution in [0.15, 0.2) is 60.7 Å². The lowest BCUT2D eigenvalue weighted by Gasteiger charge is -2.45. The summed E-state index contributed by atoms with van der Waals surface area (Å²) in [6, 6.07) is 14.9. The van der Waals surface area contributed by atoms with Crippen LogP contribution in [0, 0.1) is 17.3 Å². The molecule has 2 aliphatic heterocycles. The Morgan fingerprint density at radius 3 is 2.31 bits per heavy atom. The quantitative estimate of drug-likeness (QED) is 0.260. The first-order valence-corrected chi connectivity index (χ1v) is 14.8. The van der Waals surface area contributed by atoms with E-state index in [1.807, 2.05) is 6.07 Å². The molecule has 5 rings (SSSR count). The van der Waals surface area contributed by atoms with Gasteiger partial charge in [0.25, 0.3) is 0 Å². The van der Waals surface area contributed by atoms with Crippen LogP contribution in [0.5, 0.6) is 5.88 Å². The summed E-state index contributed by atoms with van der Waals surface area (Å²) in [6.07, 6.45) is 9.30. The fourth-order valence-electron chi connectivity index (χ4n) is 6.19. The number of carbonyl (C=O) groups excluding carboxylic acids is 2. The first-order chi connectivity index (χ1) is 20.3. The van der Waals surface area contributed by atoms with Gasteiger partial charge in [-0.1, -0.05) is 80.3 Å². The van der Waals surface area contributed by atoms with Crippen LogP contribution in [0.4, 0.5) is 0 Å². The van der Waals surface area contributed by atoms with E-state index in [9.17, 15) is 9.59 Å². The van der Waals surface area contributed by atoms with Crippen molar-refractivity contribution in [2.45, 2.75) is 63.6 Å². The number of amides is 2. The summed E-state index contributed by atoms with van der Waals surface area (Å²) in [5.74, 6) is 7.82. The van der Waals surface area contributed by atoms with E-state index in [0.29, 0.717) is 44.9 Å². The Bertz CT molecular complexity index is 1420. The zero-order valence-corrected chi connectivity index (χ0v) is 24.8. The molecule has 3 heterocycles. The molecule has 0 bridgehead atoms. The average molecular weight is 568 g/mol. The van der Waals surface area contributed by atoms with Gasteiger partial charge in [0.15, 0.2) is 0 Å². The van der Waals surface area contributed by atoms with Crippen LogP contribution in [0.2, 0.25) is 0 Å². The van der Waals surface area contributed by atoms with E-state index in [1.165, 1.54) is 5.57 Å². The number of benzene rings is 1. The Labute approximate surface area is 248 Å². The lowest BCUT2D eigenvalue weighted by atomic mass is 9.57. The van der Waals surface area contributed by atoms with Crippen molar-refractivity contribution in [1.29, 1.82) is 0 Å². The van der Waals surface area contributed by atoms with E-state index in [0.717, 1.165) is 29.7 Å². The molecule has 1 aromatic heterocycles. The van der Waals surface area contributed by atoms with Gasteiger partial charge in [0, 0.05) is 55.5 Å². The Kier molecular flexibility index (Phi) is 9.10. The maximum absolute atomic E-state index is 11.6. The topological polar surface area (TPSA) is 104 Å². The number of aromatic nitrogens is 1. The standard InChI is InChI=1S/C34H41N5O3/c1-33(2)28(24-9-5-4-6-10-24)11-7-18-34(33,19-8-20-35-22-26-13-16-30(40)37-26)29-15-12-25(32(39-29)42-3)21-36-23-27-14-17-31(41)38-27/h4-7,9-12,15,18,26-27,35-36H,13-14,16-17,20-23H2,1-3H3,(H,37,40)(H,38,41). The minimum Gasteiger partial charge on any atom is -0.481 e. The van der Waals surface area contributed by atoms with Crippen LogP contribution in [-0.2, 0) is 21.5 Å². The van der Waals surface area contributed by atoms with Crippen molar-refractivity contribution in [3.8, 4) is 17.7 Å². The molecular formula is C34H41N5O3. The highest BCUT2D eigenvalue weighted by Crippen LogP contribution is 2.53. The van der Waals surface area contributed by atoms with Gasteiger partial charge in [0.05, 0.1) is 19.3 Å². The number of carbonyl (C=O) groups is 2. The van der Waals surface area contributed by atoms with Crippen molar-refractivity contribution in [3.05, 3.63) is 77.5 Å². The first-order valence-electron chi connectivity index (χ1n) is 14.8. The number of methoxy groups -OCH3 is 1. The van der Waals surface area contributed by atoms with Gasteiger partial charge in [0.1, 0.15) is 5.41 Å². The summed E-state index contributed by atoms with van der Waals surface area (Å²) in [5.41, 5.74) is 2.97. The second kappa shape index (κ2) is 12.9. The van der Waals surface area contributed by atoms with Gasteiger partial charge in [-0.25, -0.2) is 4.98 Å². The minimum absolute atomic E-state index is 0.115. The van der Waals surface area contributed by atoms with Crippen LogP contribution >= 0.6 is 0 Å². The van der Waals surface area contributed by atoms with Crippen molar-refractivity contribution < 1.29 is 14.3 Å². The predicted molar refractivity (Wildman–Crippen MR) is 164 cm³/mol. The molecule has 2 fully saturated rings. The molecule has 2 amide bonds. The third-order valence-electron chi connectivity index (χ3n) is 8.66. The van der Waals surface area contributed by atoms with Crippen LogP contribution < -0.4 is 26.0 Å². The minimum atomic E-state index is -0.719. The van der Waals surface area contributed by atoms with Gasteiger partial charge in [-0.05, 0) is 30.0 Å². The zero-order valence-electron chi connectivity index (χ0n) is 24.8. The van der Waals surface area contributed by atoms with Gasteiger partial charge in [-0.2, -0.15) is 0 Å². The van der Waals surface area contributed by atoms with Crippen molar-refractivity contribution in [3.63, 3.8) is 0 Å². The third-order valence-corrected chi connectivity index (χ3v) is 8.66. The summed E-state index contributed by atoms with van der Waals surface area (Å²) < 4.78 is 5.80. The van der Waals surface area contributed by atoms with Crippen LogP contribution in [0.25, 0.3) is 5.57 Å². The summed E-state index contributed by atoms with van der Waals surface area (Å²) in [7, 11) is 1.65. The fraction of sp³-hybridized carbons (Fsp3) is 0.441. The molecule has 0 spiro atoms. The number of hydrogen-bond donors (Lipinski definition) is 4. The molecule has 42 heavy (non-hydrogen) atoms. The van der Waals surface area contributed by atoms with Crippen molar-refractivity contribution in [2.24, 2.45) is 5.41 Å². The molecule has 2 saturated heterocycles. The molecule has 4 N–H and O–H groups in total. The molecule has 0 saturated carbocycles. The summed E-state index contributed by atoms with van der Waals surface area (Å²) in [4.78, 5) is 28.2. The smallest absolute Gasteiger partial charge is 0.220 e. The van der Waals surface area contributed by atoms with Crippen molar-refractivity contribution >= 4 is 17.4 Å². The lowest BCUT2D eigenvalue weighted by molar-refractivity contribution is -0.120. The maximum Gasteiger partial charge on any atom is 0.220 e. The maximum atomic E-state index is 11.6. The summed E-state index contributed by atoms with van der Waals surface area (Å²) >= 11 is 0. The molecule has 220 valence electrons. The van der Waals surface area contributed by atoms with Gasteiger partial charge in [-0.15, -0.1) is 0 Å². The molecule has 2 aromatic rings. The van der Waals surface area contributed by atoms with Crippen molar-refractivity contribution in [2.75, 3.05) is 26.7 Å². The Morgan fingerprint density at radius 2 is 1.67 bits per heavy atom. The number of rotatable bonds is 10. The first kappa shape index (κ1) is 29.6.